The van der Waals surface area contributed by atoms with Crippen molar-refractivity contribution in [2.45, 2.75) is 0 Å². The number of benzene rings is 4. The molecule has 33 heavy (non-hydrogen) atoms. The van der Waals surface area contributed by atoms with Crippen LogP contribution in [-0.4, -0.2) is 18.6 Å². The van der Waals surface area contributed by atoms with E-state index in [0.29, 0.717) is 0 Å². The van der Waals surface area contributed by atoms with Crippen molar-refractivity contribution in [2.75, 3.05) is 16.3 Å². The number of nitrogens with one attached hydrogen (secondary N) is 3. The summed E-state index contributed by atoms with van der Waals surface area (Å²) in [5, 5.41) is 13.1. The summed E-state index contributed by atoms with van der Waals surface area (Å²) in [6.45, 7) is 0. The summed E-state index contributed by atoms with van der Waals surface area (Å²) in [6, 6.07) is 35.5. The van der Waals surface area contributed by atoms with Gasteiger partial charge < -0.3 is 0 Å². The monoisotopic (exact) mass is 432 g/mol. The van der Waals surface area contributed by atoms with Crippen LogP contribution in [0, 0.1) is 0 Å². The molecule has 4 aromatic carbocycles. The van der Waals surface area contributed by atoms with Crippen LogP contribution in [0.3, 0.4) is 0 Å². The largest absolute Gasteiger partial charge is 0.279 e. The summed E-state index contributed by atoms with van der Waals surface area (Å²) >= 11 is 0. The van der Waals surface area contributed by atoms with Crippen molar-refractivity contribution in [3.8, 4) is 0 Å². The molecule has 6 nitrogen and oxygen atoms in total. The van der Waals surface area contributed by atoms with Crippen molar-refractivity contribution in [3.63, 3.8) is 0 Å². The van der Waals surface area contributed by atoms with Gasteiger partial charge in [-0.25, -0.2) is 0 Å². The first-order valence-corrected chi connectivity index (χ1v) is 10.5. The van der Waals surface area contributed by atoms with E-state index < -0.39 is 0 Å². The molecule has 0 bridgehead atoms. The molecule has 0 heterocycles. The normalized spacial score (nSPS) is 11.3. The van der Waals surface area contributed by atoms with Gasteiger partial charge in [-0.1, -0.05) is 54.6 Å². The van der Waals surface area contributed by atoms with E-state index in [1.165, 1.54) is 0 Å². The predicted molar refractivity (Wildman–Crippen MR) is 139 cm³/mol. The van der Waals surface area contributed by atoms with Crippen LogP contribution in [-0.2, 0) is 0 Å². The summed E-state index contributed by atoms with van der Waals surface area (Å²) in [6.07, 6.45) is 5.32. The number of para-hydroxylation sites is 3. The molecule has 0 aromatic heterocycles. The maximum absolute atomic E-state index is 4.35. The maximum Gasteiger partial charge on any atom is 0.0561 e. The number of nitrogens with zero attached hydrogens (tertiary/aromatic N) is 3. The van der Waals surface area contributed by atoms with Gasteiger partial charge in [0.25, 0.3) is 0 Å². The second kappa shape index (κ2) is 11.6. The van der Waals surface area contributed by atoms with Gasteiger partial charge in [-0.15, -0.1) is 0 Å². The highest BCUT2D eigenvalue weighted by molar-refractivity contribution is 5.92. The minimum absolute atomic E-state index is 0.920. The zero-order chi connectivity index (χ0) is 22.6. The number of hydrogen-bond acceptors (Lipinski definition) is 6. The molecule has 0 amide bonds. The lowest BCUT2D eigenvalue weighted by atomic mass is 10.1. The Morgan fingerprint density at radius 2 is 0.667 bits per heavy atom. The summed E-state index contributed by atoms with van der Waals surface area (Å²) in [7, 11) is 0. The van der Waals surface area contributed by atoms with Gasteiger partial charge >= 0.3 is 0 Å². The first kappa shape index (κ1) is 21.5. The maximum atomic E-state index is 4.35. The first-order chi connectivity index (χ1) is 16.3. The Hall–Kier alpha value is -4.71. The molecule has 0 unspecified atom stereocenters. The number of hydrogen-bond donors (Lipinski definition) is 3. The second-order valence-corrected chi connectivity index (χ2v) is 7.14. The van der Waals surface area contributed by atoms with Crippen LogP contribution < -0.4 is 16.3 Å². The third kappa shape index (κ3) is 7.18. The Bertz CT molecular complexity index is 1050. The molecule has 0 aliphatic heterocycles. The fourth-order valence-electron chi connectivity index (χ4n) is 3.01. The SMILES string of the molecule is C(=NNc1ccccc1)c1cc(C=NNc2ccccc2)cc(C=NNc2ccccc2)c1. The van der Waals surface area contributed by atoms with Crippen molar-refractivity contribution in [1.29, 1.82) is 0 Å². The molecule has 4 aromatic rings. The van der Waals surface area contributed by atoms with Gasteiger partial charge in [0.2, 0.25) is 0 Å². The van der Waals surface area contributed by atoms with Crippen molar-refractivity contribution < 1.29 is 0 Å². The Kier molecular flexibility index (Phi) is 7.58. The van der Waals surface area contributed by atoms with Crippen LogP contribution in [0.25, 0.3) is 0 Å². The average Bonchev–Trinajstić information content (AvgIpc) is 2.86. The van der Waals surface area contributed by atoms with Gasteiger partial charge in [-0.3, -0.25) is 16.3 Å². The molecular weight excluding hydrogens is 408 g/mol. The molecule has 0 spiro atoms. The molecule has 0 aliphatic rings. The highest BCUT2D eigenvalue weighted by atomic mass is 15.3. The lowest BCUT2D eigenvalue weighted by Gasteiger charge is -2.04. The summed E-state index contributed by atoms with van der Waals surface area (Å²) in [5.74, 6) is 0. The predicted octanol–water partition coefficient (Wildman–Crippen LogP) is 6.02. The van der Waals surface area contributed by atoms with Gasteiger partial charge in [0.15, 0.2) is 0 Å². The van der Waals surface area contributed by atoms with Crippen LogP contribution in [0.4, 0.5) is 17.1 Å². The van der Waals surface area contributed by atoms with Gasteiger partial charge in [0.1, 0.15) is 0 Å². The van der Waals surface area contributed by atoms with Gasteiger partial charge in [-0.2, -0.15) is 15.3 Å². The molecule has 0 saturated heterocycles. The smallest absolute Gasteiger partial charge is 0.0561 e. The van der Waals surface area contributed by atoms with Crippen molar-refractivity contribution >= 4 is 35.7 Å². The van der Waals surface area contributed by atoms with E-state index in [-0.39, 0.29) is 0 Å². The Balaban J connectivity index is 1.50. The fourth-order valence-corrected chi connectivity index (χ4v) is 3.01. The zero-order valence-corrected chi connectivity index (χ0v) is 18.0. The van der Waals surface area contributed by atoms with E-state index in [2.05, 4.69) is 31.6 Å². The van der Waals surface area contributed by atoms with Crippen molar-refractivity contribution in [3.05, 3.63) is 126 Å². The van der Waals surface area contributed by atoms with E-state index in [1.807, 2.05) is 109 Å². The van der Waals surface area contributed by atoms with Crippen molar-refractivity contribution in [2.24, 2.45) is 15.3 Å². The zero-order valence-electron chi connectivity index (χ0n) is 18.0. The standard InChI is InChI=1S/C27H24N6/c1-4-10-25(11-5-1)31-28-19-22-16-23(20-29-32-26-12-6-2-7-13-26)18-24(17-22)21-30-33-27-14-8-3-9-15-27/h1-21,31-33H. The third-order valence-corrected chi connectivity index (χ3v) is 4.54. The Morgan fingerprint density at radius 3 is 0.939 bits per heavy atom. The Labute approximate surface area is 193 Å². The number of hydrazone groups is 3. The molecule has 4 rings (SSSR count). The van der Waals surface area contributed by atoms with Gasteiger partial charge in [0, 0.05) is 0 Å². The van der Waals surface area contributed by atoms with Crippen LogP contribution in [0.5, 0.6) is 0 Å². The number of anilines is 3. The van der Waals surface area contributed by atoms with E-state index in [1.54, 1.807) is 18.6 Å². The molecule has 0 radical (unpaired) electrons. The number of rotatable bonds is 9. The van der Waals surface area contributed by atoms with E-state index in [0.717, 1.165) is 33.8 Å². The third-order valence-electron chi connectivity index (χ3n) is 4.54. The van der Waals surface area contributed by atoms with Crippen LogP contribution in [0.2, 0.25) is 0 Å². The summed E-state index contributed by atoms with van der Waals surface area (Å²) < 4.78 is 0. The molecule has 0 aliphatic carbocycles. The van der Waals surface area contributed by atoms with Crippen molar-refractivity contribution in [1.82, 2.24) is 0 Å². The molecule has 162 valence electrons. The van der Waals surface area contributed by atoms with E-state index >= 15 is 0 Å². The van der Waals surface area contributed by atoms with Crippen LogP contribution >= 0.6 is 0 Å². The molecule has 0 fully saturated rings. The quantitative estimate of drug-likeness (QED) is 0.223. The van der Waals surface area contributed by atoms with Crippen LogP contribution in [0.1, 0.15) is 16.7 Å². The minimum Gasteiger partial charge on any atom is -0.279 e. The lowest BCUT2D eigenvalue weighted by Crippen LogP contribution is -1.97. The fraction of sp³-hybridized carbons (Fsp3) is 0. The highest BCUT2D eigenvalue weighted by Gasteiger charge is 1.98. The Morgan fingerprint density at radius 1 is 0.394 bits per heavy atom. The average molecular weight is 433 g/mol. The molecule has 0 atom stereocenters. The van der Waals surface area contributed by atoms with Crippen LogP contribution in [0.15, 0.2) is 124 Å². The first-order valence-electron chi connectivity index (χ1n) is 10.5. The molecular formula is C27H24N6. The van der Waals surface area contributed by atoms with E-state index in [9.17, 15) is 0 Å². The minimum atomic E-state index is 0.920. The highest BCUT2D eigenvalue weighted by Crippen LogP contribution is 2.10. The summed E-state index contributed by atoms with van der Waals surface area (Å²) in [5.41, 5.74) is 14.6. The topological polar surface area (TPSA) is 73.2 Å². The van der Waals surface area contributed by atoms with Gasteiger partial charge in [-0.05, 0) is 71.3 Å². The lowest BCUT2D eigenvalue weighted by molar-refractivity contribution is 1.34. The second-order valence-electron chi connectivity index (χ2n) is 7.14. The molecule has 6 heteroatoms. The van der Waals surface area contributed by atoms with E-state index in [4.69, 9.17) is 0 Å². The summed E-state index contributed by atoms with van der Waals surface area (Å²) in [4.78, 5) is 0. The molecule has 0 saturated carbocycles. The molecule has 3 N–H and O–H groups in total. The van der Waals surface area contributed by atoms with Gasteiger partial charge in [0.05, 0.1) is 35.7 Å².